The van der Waals surface area contributed by atoms with Gasteiger partial charge in [-0.3, -0.25) is 4.79 Å². The van der Waals surface area contributed by atoms with Gasteiger partial charge >= 0.3 is 0 Å². The van der Waals surface area contributed by atoms with Crippen molar-refractivity contribution in [1.29, 1.82) is 0 Å². The van der Waals surface area contributed by atoms with Gasteiger partial charge in [0.15, 0.2) is 0 Å². The second-order valence-corrected chi connectivity index (χ2v) is 10.5. The molecule has 0 fully saturated rings. The molecular weight excluding hydrogens is 536 g/mol. The normalized spacial score (nSPS) is 11.7. The zero-order chi connectivity index (χ0) is 27.8. The Morgan fingerprint density at radius 3 is 2.36 bits per heavy atom. The SMILES string of the molecule is CC(C)CC(Nc1cc(-c2ccccc2F)nc(NCc2cccc(Cl)c2)n1)C(=O)NCc1ccc(Cl)cc1. The number of hydrogen-bond acceptors (Lipinski definition) is 5. The summed E-state index contributed by atoms with van der Waals surface area (Å²) in [7, 11) is 0. The van der Waals surface area contributed by atoms with Crippen LogP contribution in [0.3, 0.4) is 0 Å². The molecule has 0 spiro atoms. The van der Waals surface area contributed by atoms with E-state index in [2.05, 4.69) is 25.9 Å². The van der Waals surface area contributed by atoms with Crippen LogP contribution in [-0.2, 0) is 17.9 Å². The van der Waals surface area contributed by atoms with Crippen molar-refractivity contribution in [2.24, 2.45) is 5.92 Å². The predicted molar refractivity (Wildman–Crippen MR) is 156 cm³/mol. The van der Waals surface area contributed by atoms with E-state index < -0.39 is 11.9 Å². The summed E-state index contributed by atoms with van der Waals surface area (Å²) in [6.07, 6.45) is 0.566. The van der Waals surface area contributed by atoms with Crippen molar-refractivity contribution in [3.05, 3.63) is 106 Å². The number of nitrogens with one attached hydrogen (secondary N) is 3. The molecule has 0 saturated carbocycles. The average molecular weight is 567 g/mol. The largest absolute Gasteiger partial charge is 0.358 e. The van der Waals surface area contributed by atoms with Crippen LogP contribution in [0.1, 0.15) is 31.4 Å². The molecule has 3 aromatic carbocycles. The first-order valence-corrected chi connectivity index (χ1v) is 13.4. The van der Waals surface area contributed by atoms with Crippen molar-refractivity contribution < 1.29 is 9.18 Å². The molecule has 4 aromatic rings. The summed E-state index contributed by atoms with van der Waals surface area (Å²) in [4.78, 5) is 22.4. The van der Waals surface area contributed by atoms with Crippen LogP contribution in [0.15, 0.2) is 78.9 Å². The smallest absolute Gasteiger partial charge is 0.242 e. The first-order chi connectivity index (χ1) is 18.8. The van der Waals surface area contributed by atoms with E-state index in [1.807, 2.05) is 44.2 Å². The van der Waals surface area contributed by atoms with E-state index in [9.17, 15) is 9.18 Å². The highest BCUT2D eigenvalue weighted by atomic mass is 35.5. The number of anilines is 2. The highest BCUT2D eigenvalue weighted by Crippen LogP contribution is 2.25. The molecule has 9 heteroatoms. The van der Waals surface area contributed by atoms with Gasteiger partial charge in [-0.25, -0.2) is 9.37 Å². The molecule has 39 heavy (non-hydrogen) atoms. The van der Waals surface area contributed by atoms with Gasteiger partial charge in [0.05, 0.1) is 5.69 Å². The molecule has 1 amide bonds. The Kier molecular flexibility index (Phi) is 9.74. The number of rotatable bonds is 11. The minimum absolute atomic E-state index is 0.168. The Balaban J connectivity index is 1.58. The molecule has 3 N–H and O–H groups in total. The Labute approximate surface area is 238 Å². The lowest BCUT2D eigenvalue weighted by molar-refractivity contribution is -0.122. The monoisotopic (exact) mass is 565 g/mol. The molecule has 1 heterocycles. The number of hydrogen-bond donors (Lipinski definition) is 3. The molecule has 0 aliphatic carbocycles. The minimum Gasteiger partial charge on any atom is -0.358 e. The Hall–Kier alpha value is -3.68. The third kappa shape index (κ3) is 8.40. The Morgan fingerprint density at radius 1 is 0.872 bits per heavy atom. The van der Waals surface area contributed by atoms with Gasteiger partial charge in [-0.1, -0.05) is 73.4 Å². The van der Waals surface area contributed by atoms with Gasteiger partial charge in [0.2, 0.25) is 11.9 Å². The van der Waals surface area contributed by atoms with Crippen LogP contribution >= 0.6 is 23.2 Å². The van der Waals surface area contributed by atoms with E-state index in [4.69, 9.17) is 23.2 Å². The number of benzene rings is 3. The molecule has 4 rings (SSSR count). The van der Waals surface area contributed by atoms with E-state index in [0.717, 1.165) is 11.1 Å². The van der Waals surface area contributed by atoms with Crippen LogP contribution in [0, 0.1) is 11.7 Å². The number of aromatic nitrogens is 2. The minimum atomic E-state index is -0.568. The van der Waals surface area contributed by atoms with Gasteiger partial charge in [0.1, 0.15) is 17.7 Å². The van der Waals surface area contributed by atoms with Crippen molar-refractivity contribution in [1.82, 2.24) is 15.3 Å². The van der Waals surface area contributed by atoms with Crippen LogP contribution in [0.2, 0.25) is 10.0 Å². The van der Waals surface area contributed by atoms with Gasteiger partial charge in [-0.2, -0.15) is 4.98 Å². The van der Waals surface area contributed by atoms with Crippen LogP contribution in [0.5, 0.6) is 0 Å². The zero-order valence-corrected chi connectivity index (χ0v) is 23.2. The molecule has 1 unspecified atom stereocenters. The van der Waals surface area contributed by atoms with E-state index in [1.54, 1.807) is 42.5 Å². The molecule has 1 aromatic heterocycles. The van der Waals surface area contributed by atoms with Gasteiger partial charge in [0.25, 0.3) is 0 Å². The first kappa shape index (κ1) is 28.3. The van der Waals surface area contributed by atoms with Crippen LogP contribution in [0.4, 0.5) is 16.2 Å². The van der Waals surface area contributed by atoms with Crippen molar-refractivity contribution in [3.8, 4) is 11.3 Å². The van der Waals surface area contributed by atoms with Gasteiger partial charge in [0, 0.05) is 34.8 Å². The Bertz CT molecular complexity index is 1410. The van der Waals surface area contributed by atoms with Crippen LogP contribution < -0.4 is 16.0 Å². The molecule has 0 aliphatic heterocycles. The number of amides is 1. The summed E-state index contributed by atoms with van der Waals surface area (Å²) in [5.74, 6) is 0.366. The summed E-state index contributed by atoms with van der Waals surface area (Å²) in [6.45, 7) is 4.87. The third-order valence-electron chi connectivity index (χ3n) is 5.94. The van der Waals surface area contributed by atoms with Gasteiger partial charge < -0.3 is 16.0 Å². The first-order valence-electron chi connectivity index (χ1n) is 12.7. The van der Waals surface area contributed by atoms with E-state index in [0.29, 0.717) is 52.6 Å². The molecule has 1 atom stereocenters. The molecular formula is C30H30Cl2FN5O. The topological polar surface area (TPSA) is 78.9 Å². The fourth-order valence-corrected chi connectivity index (χ4v) is 4.37. The standard InChI is InChI=1S/C30H30Cl2FN5O/c1-19(2)14-27(29(39)34-17-20-10-12-22(31)13-11-20)36-28-16-26(24-8-3-4-9-25(24)33)37-30(38-28)35-18-21-6-5-7-23(32)15-21/h3-13,15-16,19,27H,14,17-18H2,1-2H3,(H,34,39)(H2,35,36,37,38). The highest BCUT2D eigenvalue weighted by Gasteiger charge is 2.21. The molecule has 0 bridgehead atoms. The lowest BCUT2D eigenvalue weighted by Crippen LogP contribution is -2.40. The average Bonchev–Trinajstić information content (AvgIpc) is 2.91. The highest BCUT2D eigenvalue weighted by molar-refractivity contribution is 6.30. The number of carbonyl (C=O) groups excluding carboxylic acids is 1. The molecule has 0 saturated heterocycles. The van der Waals surface area contributed by atoms with Crippen molar-refractivity contribution in [2.75, 3.05) is 10.6 Å². The molecule has 0 radical (unpaired) electrons. The number of halogens is 3. The third-order valence-corrected chi connectivity index (χ3v) is 6.43. The van der Waals surface area contributed by atoms with E-state index in [-0.39, 0.29) is 11.8 Å². The van der Waals surface area contributed by atoms with Crippen LogP contribution in [0.25, 0.3) is 11.3 Å². The second-order valence-electron chi connectivity index (χ2n) is 9.60. The second kappa shape index (κ2) is 13.4. The van der Waals surface area contributed by atoms with E-state index >= 15 is 0 Å². The summed E-state index contributed by atoms with van der Waals surface area (Å²) in [5.41, 5.74) is 2.61. The summed E-state index contributed by atoms with van der Waals surface area (Å²) in [5, 5.41) is 10.7. The summed E-state index contributed by atoms with van der Waals surface area (Å²) >= 11 is 12.1. The predicted octanol–water partition coefficient (Wildman–Crippen LogP) is 7.34. The van der Waals surface area contributed by atoms with Gasteiger partial charge in [-0.15, -0.1) is 0 Å². The van der Waals surface area contributed by atoms with Crippen LogP contribution in [-0.4, -0.2) is 21.9 Å². The fourth-order valence-electron chi connectivity index (χ4n) is 4.03. The van der Waals surface area contributed by atoms with Gasteiger partial charge in [-0.05, 0) is 59.9 Å². The molecule has 6 nitrogen and oxygen atoms in total. The fraction of sp³-hybridized carbons (Fsp3) is 0.233. The maximum Gasteiger partial charge on any atom is 0.242 e. The lowest BCUT2D eigenvalue weighted by atomic mass is 10.0. The summed E-state index contributed by atoms with van der Waals surface area (Å²) in [6, 6.07) is 22.3. The number of carbonyl (C=O) groups is 1. The lowest BCUT2D eigenvalue weighted by Gasteiger charge is -2.21. The van der Waals surface area contributed by atoms with Crippen molar-refractivity contribution in [2.45, 2.75) is 39.4 Å². The number of nitrogens with zero attached hydrogens (tertiary/aromatic N) is 2. The van der Waals surface area contributed by atoms with E-state index in [1.165, 1.54) is 6.07 Å². The maximum absolute atomic E-state index is 14.7. The molecule has 0 aliphatic rings. The Morgan fingerprint density at radius 2 is 1.64 bits per heavy atom. The van der Waals surface area contributed by atoms with Crippen molar-refractivity contribution >= 4 is 40.9 Å². The zero-order valence-electron chi connectivity index (χ0n) is 21.7. The molecule has 202 valence electrons. The quantitative estimate of drug-likeness (QED) is 0.177. The van der Waals surface area contributed by atoms with Crippen molar-refractivity contribution in [3.63, 3.8) is 0 Å². The maximum atomic E-state index is 14.7. The summed E-state index contributed by atoms with van der Waals surface area (Å²) < 4.78 is 14.7.